The van der Waals surface area contributed by atoms with E-state index in [0.29, 0.717) is 23.3 Å². The first-order valence-corrected chi connectivity index (χ1v) is 4.80. The molecule has 0 saturated heterocycles. The number of nitrogens with one attached hydrogen (secondary N) is 2. The van der Waals surface area contributed by atoms with E-state index in [1.54, 1.807) is 0 Å². The van der Waals surface area contributed by atoms with Crippen LogP contribution in [0.2, 0.25) is 5.02 Å². The van der Waals surface area contributed by atoms with Crippen LogP contribution in [0, 0.1) is 0 Å². The average molecular weight is 230 g/mol. The highest BCUT2D eigenvalue weighted by Gasteiger charge is 2.05. The molecule has 1 amide bonds. The third kappa shape index (κ3) is 3.59. The molecule has 4 N–H and O–H groups in total. The van der Waals surface area contributed by atoms with Crippen LogP contribution in [0.5, 0.6) is 0 Å². The Morgan fingerprint density at radius 3 is 2.93 bits per heavy atom. The van der Waals surface area contributed by atoms with Gasteiger partial charge in [0, 0.05) is 6.54 Å². The van der Waals surface area contributed by atoms with Gasteiger partial charge in [-0.25, -0.2) is 4.98 Å². The lowest BCUT2D eigenvalue weighted by Gasteiger charge is -2.07. The van der Waals surface area contributed by atoms with Gasteiger partial charge in [-0.3, -0.25) is 4.79 Å². The van der Waals surface area contributed by atoms with E-state index in [1.807, 2.05) is 6.92 Å². The molecule has 0 spiro atoms. The van der Waals surface area contributed by atoms with Crippen LogP contribution in [0.3, 0.4) is 0 Å². The SMILES string of the molecule is CCNc1ncc(Cl)c(NCC(N)=O)n1. The summed E-state index contributed by atoms with van der Waals surface area (Å²) < 4.78 is 0. The van der Waals surface area contributed by atoms with Crippen molar-refractivity contribution in [3.63, 3.8) is 0 Å². The molecule has 0 radical (unpaired) electrons. The Morgan fingerprint density at radius 1 is 1.60 bits per heavy atom. The van der Waals surface area contributed by atoms with E-state index < -0.39 is 5.91 Å². The van der Waals surface area contributed by atoms with Crippen LogP contribution >= 0.6 is 11.6 Å². The van der Waals surface area contributed by atoms with E-state index in [9.17, 15) is 4.79 Å². The first-order chi connectivity index (χ1) is 7.13. The Morgan fingerprint density at radius 2 is 2.33 bits per heavy atom. The molecular weight excluding hydrogens is 218 g/mol. The molecule has 0 bridgehead atoms. The zero-order valence-corrected chi connectivity index (χ0v) is 9.01. The van der Waals surface area contributed by atoms with Crippen LogP contribution in [0.25, 0.3) is 0 Å². The molecule has 0 aliphatic rings. The van der Waals surface area contributed by atoms with Gasteiger partial charge >= 0.3 is 0 Å². The second-order valence-corrected chi connectivity index (χ2v) is 3.15. The molecule has 0 aliphatic heterocycles. The molecule has 0 aromatic carbocycles. The molecule has 1 heterocycles. The highest BCUT2D eigenvalue weighted by atomic mass is 35.5. The summed E-state index contributed by atoms with van der Waals surface area (Å²) in [4.78, 5) is 18.6. The van der Waals surface area contributed by atoms with E-state index in [0.717, 1.165) is 0 Å². The first kappa shape index (κ1) is 11.5. The summed E-state index contributed by atoms with van der Waals surface area (Å²) >= 11 is 5.81. The number of rotatable bonds is 5. The van der Waals surface area contributed by atoms with E-state index in [1.165, 1.54) is 6.20 Å². The zero-order valence-electron chi connectivity index (χ0n) is 8.25. The molecule has 15 heavy (non-hydrogen) atoms. The van der Waals surface area contributed by atoms with Gasteiger partial charge in [-0.05, 0) is 6.92 Å². The maximum atomic E-state index is 10.6. The predicted molar refractivity (Wildman–Crippen MR) is 58.9 cm³/mol. The molecule has 7 heteroatoms. The highest BCUT2D eigenvalue weighted by molar-refractivity contribution is 6.32. The van der Waals surface area contributed by atoms with Gasteiger partial charge in [0.15, 0.2) is 5.82 Å². The Labute approximate surface area is 92.2 Å². The van der Waals surface area contributed by atoms with Crippen LogP contribution in [0.4, 0.5) is 11.8 Å². The number of aromatic nitrogens is 2. The summed E-state index contributed by atoms with van der Waals surface area (Å²) in [6.45, 7) is 2.62. The minimum absolute atomic E-state index is 0.0116. The number of primary amides is 1. The molecule has 0 atom stereocenters. The predicted octanol–water partition coefficient (Wildman–Crippen LogP) is 0.459. The van der Waals surface area contributed by atoms with Crippen molar-refractivity contribution in [1.29, 1.82) is 0 Å². The van der Waals surface area contributed by atoms with Gasteiger partial charge in [0.1, 0.15) is 5.02 Å². The lowest BCUT2D eigenvalue weighted by atomic mass is 10.5. The summed E-state index contributed by atoms with van der Waals surface area (Å²) in [5.74, 6) is 0.366. The zero-order chi connectivity index (χ0) is 11.3. The lowest BCUT2D eigenvalue weighted by Crippen LogP contribution is -2.22. The molecule has 1 aromatic rings. The smallest absolute Gasteiger partial charge is 0.236 e. The molecule has 6 nitrogen and oxygen atoms in total. The summed E-state index contributed by atoms with van der Waals surface area (Å²) in [6, 6.07) is 0. The van der Waals surface area contributed by atoms with Crippen molar-refractivity contribution in [3.8, 4) is 0 Å². The molecule has 0 aliphatic carbocycles. The van der Waals surface area contributed by atoms with Gasteiger partial charge in [-0.1, -0.05) is 11.6 Å². The molecule has 0 unspecified atom stereocenters. The first-order valence-electron chi connectivity index (χ1n) is 4.42. The van der Waals surface area contributed by atoms with Gasteiger partial charge in [-0.2, -0.15) is 4.98 Å². The van der Waals surface area contributed by atoms with Crippen molar-refractivity contribution in [2.24, 2.45) is 5.73 Å². The van der Waals surface area contributed by atoms with Crippen LogP contribution in [-0.2, 0) is 4.79 Å². The Bertz CT molecular complexity index is 357. The van der Waals surface area contributed by atoms with Crippen molar-refractivity contribution < 1.29 is 4.79 Å². The monoisotopic (exact) mass is 229 g/mol. The average Bonchev–Trinajstić information content (AvgIpc) is 2.19. The number of halogens is 1. The standard InChI is InChI=1S/C8H12ClN5O/c1-2-11-8-13-3-5(9)7(14-8)12-4-6(10)15/h3H,2,4H2,1H3,(H2,10,15)(H2,11,12,13,14). The number of nitrogens with two attached hydrogens (primary N) is 1. The fourth-order valence-electron chi connectivity index (χ4n) is 0.905. The third-order valence-corrected chi connectivity index (χ3v) is 1.79. The molecule has 1 rings (SSSR count). The van der Waals surface area contributed by atoms with Gasteiger partial charge in [0.2, 0.25) is 11.9 Å². The molecule has 0 saturated carbocycles. The van der Waals surface area contributed by atoms with Gasteiger partial charge in [-0.15, -0.1) is 0 Å². The molecule has 82 valence electrons. The maximum Gasteiger partial charge on any atom is 0.236 e. The maximum absolute atomic E-state index is 10.6. The number of carbonyl (C=O) groups is 1. The lowest BCUT2D eigenvalue weighted by molar-refractivity contribution is -0.116. The normalized spacial score (nSPS) is 9.73. The second kappa shape index (κ2) is 5.35. The number of amides is 1. The number of anilines is 2. The highest BCUT2D eigenvalue weighted by Crippen LogP contribution is 2.18. The number of nitrogens with zero attached hydrogens (tertiary/aromatic N) is 2. The Balaban J connectivity index is 2.75. The largest absolute Gasteiger partial charge is 0.368 e. The molecule has 0 fully saturated rings. The van der Waals surface area contributed by atoms with E-state index in [-0.39, 0.29) is 6.54 Å². The van der Waals surface area contributed by atoms with Crippen molar-refractivity contribution in [1.82, 2.24) is 9.97 Å². The minimum Gasteiger partial charge on any atom is -0.368 e. The third-order valence-electron chi connectivity index (χ3n) is 1.51. The topological polar surface area (TPSA) is 92.9 Å². The van der Waals surface area contributed by atoms with E-state index in [2.05, 4.69) is 20.6 Å². The summed E-state index contributed by atoms with van der Waals surface area (Å²) in [7, 11) is 0. The number of carbonyl (C=O) groups excluding carboxylic acids is 1. The van der Waals surface area contributed by atoms with E-state index in [4.69, 9.17) is 17.3 Å². The number of hydrogen-bond donors (Lipinski definition) is 3. The molecule has 1 aromatic heterocycles. The van der Waals surface area contributed by atoms with Crippen LogP contribution < -0.4 is 16.4 Å². The second-order valence-electron chi connectivity index (χ2n) is 2.74. The van der Waals surface area contributed by atoms with Gasteiger partial charge in [0.05, 0.1) is 12.7 Å². The number of hydrogen-bond acceptors (Lipinski definition) is 5. The van der Waals surface area contributed by atoms with Crippen molar-refractivity contribution >= 4 is 29.3 Å². The van der Waals surface area contributed by atoms with Crippen LogP contribution in [0.15, 0.2) is 6.20 Å². The minimum atomic E-state index is -0.477. The van der Waals surface area contributed by atoms with Gasteiger partial charge in [0.25, 0.3) is 0 Å². The molecular formula is C8H12ClN5O. The van der Waals surface area contributed by atoms with Crippen LogP contribution in [-0.4, -0.2) is 29.0 Å². The van der Waals surface area contributed by atoms with E-state index >= 15 is 0 Å². The quantitative estimate of drug-likeness (QED) is 0.682. The van der Waals surface area contributed by atoms with Crippen molar-refractivity contribution in [3.05, 3.63) is 11.2 Å². The fourth-order valence-corrected chi connectivity index (χ4v) is 1.06. The Hall–Kier alpha value is -1.56. The van der Waals surface area contributed by atoms with Gasteiger partial charge < -0.3 is 16.4 Å². The summed E-state index contributed by atoms with van der Waals surface area (Å²) in [5.41, 5.74) is 4.98. The summed E-state index contributed by atoms with van der Waals surface area (Å²) in [5, 5.41) is 5.98. The van der Waals surface area contributed by atoms with Crippen LogP contribution in [0.1, 0.15) is 6.92 Å². The van der Waals surface area contributed by atoms with Crippen molar-refractivity contribution in [2.45, 2.75) is 6.92 Å². The summed E-state index contributed by atoms with van der Waals surface area (Å²) in [6.07, 6.45) is 1.45. The fraction of sp³-hybridized carbons (Fsp3) is 0.375. The Kier molecular flexibility index (Phi) is 4.11. The van der Waals surface area contributed by atoms with Crippen molar-refractivity contribution in [2.75, 3.05) is 23.7 Å².